The Balaban J connectivity index is 1.45. The average molecular weight is 443 g/mol. The van der Waals surface area contributed by atoms with Crippen molar-refractivity contribution in [3.63, 3.8) is 0 Å². The van der Waals surface area contributed by atoms with E-state index in [1.165, 1.54) is 6.20 Å². The zero-order chi connectivity index (χ0) is 21.8. The molecule has 2 fully saturated rings. The van der Waals surface area contributed by atoms with Gasteiger partial charge in [0.2, 0.25) is 0 Å². The minimum atomic E-state index is -3.20. The first-order valence-electron chi connectivity index (χ1n) is 10.5. The third-order valence-electron chi connectivity index (χ3n) is 5.81. The van der Waals surface area contributed by atoms with Gasteiger partial charge in [0.1, 0.15) is 0 Å². The molecule has 2 amide bonds. The van der Waals surface area contributed by atoms with E-state index in [1.54, 1.807) is 42.6 Å². The molecular formula is C22H26N4O4S. The number of piperidine rings is 1. The molecule has 3 heterocycles. The number of hydrogen-bond acceptors (Lipinski definition) is 6. The van der Waals surface area contributed by atoms with Gasteiger partial charge in [-0.25, -0.2) is 8.42 Å². The maximum Gasteiger partial charge on any atom is 0.257 e. The van der Waals surface area contributed by atoms with E-state index < -0.39 is 15.9 Å². The molecule has 2 atom stereocenters. The monoisotopic (exact) mass is 442 g/mol. The fourth-order valence-electron chi connectivity index (χ4n) is 4.27. The second-order valence-electron chi connectivity index (χ2n) is 8.10. The van der Waals surface area contributed by atoms with E-state index in [0.29, 0.717) is 16.8 Å². The second-order valence-corrected chi connectivity index (χ2v) is 10.3. The zero-order valence-electron chi connectivity index (χ0n) is 17.2. The van der Waals surface area contributed by atoms with Crippen molar-refractivity contribution in [2.75, 3.05) is 29.9 Å². The number of carbonyl (C=O) groups is 2. The SMILES string of the molecule is O=C(Nc1cccc(C(=O)NC2CS(=O)(=O)CC2N2CCCCC2)c1)c1cccnc1. The van der Waals surface area contributed by atoms with Crippen molar-refractivity contribution < 1.29 is 18.0 Å². The number of pyridine rings is 1. The molecule has 9 heteroatoms. The summed E-state index contributed by atoms with van der Waals surface area (Å²) in [5.74, 6) is -0.629. The largest absolute Gasteiger partial charge is 0.347 e. The quantitative estimate of drug-likeness (QED) is 0.730. The fraction of sp³-hybridized carbons (Fsp3) is 0.409. The highest BCUT2D eigenvalue weighted by Gasteiger charge is 2.42. The van der Waals surface area contributed by atoms with Crippen LogP contribution in [0, 0.1) is 0 Å². The predicted molar refractivity (Wildman–Crippen MR) is 118 cm³/mol. The van der Waals surface area contributed by atoms with E-state index in [9.17, 15) is 18.0 Å². The van der Waals surface area contributed by atoms with Crippen LogP contribution < -0.4 is 10.6 Å². The number of nitrogens with zero attached hydrogens (tertiary/aromatic N) is 2. The van der Waals surface area contributed by atoms with Gasteiger partial charge in [0.25, 0.3) is 11.8 Å². The molecule has 8 nitrogen and oxygen atoms in total. The average Bonchev–Trinajstić information content (AvgIpc) is 3.09. The van der Waals surface area contributed by atoms with Crippen molar-refractivity contribution in [2.45, 2.75) is 31.3 Å². The summed E-state index contributed by atoms with van der Waals surface area (Å²) in [7, 11) is -3.20. The highest BCUT2D eigenvalue weighted by Crippen LogP contribution is 2.23. The van der Waals surface area contributed by atoms with E-state index in [1.807, 2.05) is 0 Å². The van der Waals surface area contributed by atoms with Crippen LogP contribution in [0.25, 0.3) is 0 Å². The number of rotatable bonds is 5. The first-order chi connectivity index (χ1) is 14.9. The first kappa shape index (κ1) is 21.5. The Bertz CT molecular complexity index is 1050. The summed E-state index contributed by atoms with van der Waals surface area (Å²) in [6.45, 7) is 1.73. The van der Waals surface area contributed by atoms with Gasteiger partial charge in [0.05, 0.1) is 23.1 Å². The number of anilines is 1. The number of carbonyl (C=O) groups excluding carboxylic acids is 2. The van der Waals surface area contributed by atoms with Crippen LogP contribution >= 0.6 is 0 Å². The van der Waals surface area contributed by atoms with E-state index >= 15 is 0 Å². The van der Waals surface area contributed by atoms with Crippen LogP contribution in [0.5, 0.6) is 0 Å². The number of hydrogen-bond donors (Lipinski definition) is 2. The van der Waals surface area contributed by atoms with Crippen LogP contribution in [-0.4, -0.2) is 66.8 Å². The topological polar surface area (TPSA) is 108 Å². The summed E-state index contributed by atoms with van der Waals surface area (Å²) in [6.07, 6.45) is 6.31. The highest BCUT2D eigenvalue weighted by atomic mass is 32.2. The number of benzene rings is 1. The summed E-state index contributed by atoms with van der Waals surface area (Å²) >= 11 is 0. The minimum Gasteiger partial charge on any atom is -0.347 e. The van der Waals surface area contributed by atoms with Crippen molar-refractivity contribution in [3.05, 3.63) is 59.9 Å². The maximum absolute atomic E-state index is 12.9. The van der Waals surface area contributed by atoms with Gasteiger partial charge in [0.15, 0.2) is 9.84 Å². The summed E-state index contributed by atoms with van der Waals surface area (Å²) in [4.78, 5) is 31.4. The minimum absolute atomic E-state index is 0.0443. The Labute approximate surface area is 182 Å². The Hall–Kier alpha value is -2.78. The molecule has 2 aliphatic rings. The van der Waals surface area contributed by atoms with Crippen LogP contribution in [0.1, 0.15) is 40.0 Å². The summed E-state index contributed by atoms with van der Waals surface area (Å²) in [5.41, 5.74) is 1.26. The molecule has 2 saturated heterocycles. The van der Waals surface area contributed by atoms with E-state index in [0.717, 1.165) is 32.4 Å². The number of aromatic nitrogens is 1. The molecule has 1 aromatic carbocycles. The molecule has 0 bridgehead atoms. The molecule has 0 radical (unpaired) electrons. The highest BCUT2D eigenvalue weighted by molar-refractivity contribution is 7.91. The van der Waals surface area contributed by atoms with Crippen molar-refractivity contribution in [2.24, 2.45) is 0 Å². The van der Waals surface area contributed by atoms with Crippen molar-refractivity contribution in [3.8, 4) is 0 Å². The number of amides is 2. The number of sulfone groups is 1. The van der Waals surface area contributed by atoms with E-state index in [2.05, 4.69) is 20.5 Å². The van der Waals surface area contributed by atoms with Gasteiger partial charge >= 0.3 is 0 Å². The fourth-order valence-corrected chi connectivity index (χ4v) is 6.22. The second kappa shape index (κ2) is 9.15. The van der Waals surface area contributed by atoms with Gasteiger partial charge < -0.3 is 10.6 Å². The Morgan fingerprint density at radius 2 is 1.74 bits per heavy atom. The van der Waals surface area contributed by atoms with Crippen molar-refractivity contribution in [1.82, 2.24) is 15.2 Å². The van der Waals surface area contributed by atoms with Gasteiger partial charge in [-0.3, -0.25) is 19.5 Å². The van der Waals surface area contributed by atoms with Gasteiger partial charge in [-0.05, 0) is 56.3 Å². The third kappa shape index (κ3) is 5.29. The zero-order valence-corrected chi connectivity index (χ0v) is 18.0. The van der Waals surface area contributed by atoms with Crippen LogP contribution in [0.4, 0.5) is 5.69 Å². The first-order valence-corrected chi connectivity index (χ1v) is 12.3. The third-order valence-corrected chi connectivity index (χ3v) is 7.52. The summed E-state index contributed by atoms with van der Waals surface area (Å²) in [6, 6.07) is 9.31. The van der Waals surface area contributed by atoms with Crippen molar-refractivity contribution in [1.29, 1.82) is 0 Å². The standard InChI is InChI=1S/C22H26N4O4S/c27-21(25-19-14-31(29,30)15-20(19)26-10-2-1-3-11-26)16-6-4-8-18(12-16)24-22(28)17-7-5-9-23-13-17/h4-9,12-13,19-20H,1-3,10-11,14-15H2,(H,24,28)(H,25,27). The van der Waals surface area contributed by atoms with Gasteiger partial charge in [-0.15, -0.1) is 0 Å². The summed E-state index contributed by atoms with van der Waals surface area (Å²) in [5, 5.41) is 5.69. The van der Waals surface area contributed by atoms with Crippen molar-refractivity contribution >= 4 is 27.3 Å². The lowest BCUT2D eigenvalue weighted by Gasteiger charge is -2.35. The van der Waals surface area contributed by atoms with Gasteiger partial charge in [-0.2, -0.15) is 0 Å². The van der Waals surface area contributed by atoms with Crippen LogP contribution in [-0.2, 0) is 9.84 Å². The maximum atomic E-state index is 12.9. The molecule has 0 spiro atoms. The number of nitrogens with one attached hydrogen (secondary N) is 2. The predicted octanol–water partition coefficient (Wildman–Crippen LogP) is 1.72. The molecule has 2 aromatic rings. The Morgan fingerprint density at radius 1 is 0.968 bits per heavy atom. The molecule has 164 valence electrons. The molecule has 31 heavy (non-hydrogen) atoms. The summed E-state index contributed by atoms with van der Waals surface area (Å²) < 4.78 is 24.6. The molecule has 0 saturated carbocycles. The molecule has 2 unspecified atom stereocenters. The van der Waals surface area contributed by atoms with Crippen LogP contribution in [0.2, 0.25) is 0 Å². The van der Waals surface area contributed by atoms with E-state index in [4.69, 9.17) is 0 Å². The van der Waals surface area contributed by atoms with Crippen LogP contribution in [0.3, 0.4) is 0 Å². The normalized spacial score (nSPS) is 23.2. The lowest BCUT2D eigenvalue weighted by molar-refractivity contribution is 0.0899. The molecule has 4 rings (SSSR count). The molecule has 0 aliphatic carbocycles. The van der Waals surface area contributed by atoms with Gasteiger partial charge in [-0.1, -0.05) is 12.5 Å². The molecule has 1 aromatic heterocycles. The molecule has 2 N–H and O–H groups in total. The van der Waals surface area contributed by atoms with E-state index in [-0.39, 0.29) is 29.4 Å². The van der Waals surface area contributed by atoms with Gasteiger partial charge in [0, 0.05) is 29.7 Å². The molecular weight excluding hydrogens is 416 g/mol. The Morgan fingerprint density at radius 3 is 2.48 bits per heavy atom. The Kier molecular flexibility index (Phi) is 6.33. The molecule has 2 aliphatic heterocycles. The van der Waals surface area contributed by atoms with Crippen LogP contribution in [0.15, 0.2) is 48.8 Å². The smallest absolute Gasteiger partial charge is 0.257 e. The lowest BCUT2D eigenvalue weighted by Crippen LogP contribution is -2.52. The lowest BCUT2D eigenvalue weighted by atomic mass is 10.0. The number of likely N-dealkylation sites (tertiary alicyclic amines) is 1.